The minimum Gasteiger partial charge on any atom is -0.469 e. The summed E-state index contributed by atoms with van der Waals surface area (Å²) in [7, 11) is -0.353. The molecule has 2 atom stereocenters. The predicted molar refractivity (Wildman–Crippen MR) is 134 cm³/mol. The van der Waals surface area contributed by atoms with E-state index in [1.807, 2.05) is 26.0 Å². The second-order valence-corrected chi connectivity index (χ2v) is 8.99. The molecule has 1 aliphatic heterocycles. The van der Waals surface area contributed by atoms with E-state index in [-0.39, 0.29) is 12.4 Å². The van der Waals surface area contributed by atoms with Crippen LogP contribution in [0.2, 0.25) is 0 Å². The standard InChI is InChI=1S/C24H23N3O6S.C2H6/c1-32-22(28)14-16-6-8-18(9-7-16)33-21-11-10-19(15-25-21)34(31)27-13-12-17-4-2-3-5-20(17)23(27)24(29)26-30;1-2/h2-11,15,23,30H,12-14H2,1H3,(H,26,29);1-2H3. The lowest BCUT2D eigenvalue weighted by molar-refractivity contribution is -0.139. The first-order valence-electron chi connectivity index (χ1n) is 11.5. The molecule has 1 amide bonds. The van der Waals surface area contributed by atoms with Crippen LogP contribution in [0.5, 0.6) is 11.6 Å². The van der Waals surface area contributed by atoms with Gasteiger partial charge in [0.05, 0.1) is 18.4 Å². The number of aromatic nitrogens is 1. The summed E-state index contributed by atoms with van der Waals surface area (Å²) in [4.78, 5) is 28.4. The fourth-order valence-electron chi connectivity index (χ4n) is 3.76. The molecule has 9 nitrogen and oxygen atoms in total. The van der Waals surface area contributed by atoms with E-state index in [1.54, 1.807) is 54.0 Å². The number of carbonyl (C=O) groups is 2. The SMILES string of the molecule is CC.COC(=O)Cc1ccc(Oc2ccc(S(=O)N3CCc4ccccc4C3C(=O)NO)cn2)cc1. The number of fused-ring (bicyclic) bond motifs is 1. The monoisotopic (exact) mass is 511 g/mol. The van der Waals surface area contributed by atoms with Crippen molar-refractivity contribution in [1.82, 2.24) is 14.8 Å². The van der Waals surface area contributed by atoms with Crippen molar-refractivity contribution in [2.75, 3.05) is 13.7 Å². The van der Waals surface area contributed by atoms with E-state index in [2.05, 4.69) is 9.72 Å². The van der Waals surface area contributed by atoms with Gasteiger partial charge in [-0.1, -0.05) is 50.2 Å². The average Bonchev–Trinajstić information content (AvgIpc) is 2.94. The van der Waals surface area contributed by atoms with E-state index in [4.69, 9.17) is 4.74 Å². The van der Waals surface area contributed by atoms with Crippen LogP contribution in [0.3, 0.4) is 0 Å². The van der Waals surface area contributed by atoms with E-state index in [9.17, 15) is 19.0 Å². The molecule has 1 aromatic heterocycles. The maximum absolute atomic E-state index is 13.3. The van der Waals surface area contributed by atoms with Crippen molar-refractivity contribution < 1.29 is 28.5 Å². The molecule has 0 radical (unpaired) electrons. The smallest absolute Gasteiger partial charge is 0.309 e. The Bertz CT molecular complexity index is 1200. The van der Waals surface area contributed by atoms with Gasteiger partial charge in [0.1, 0.15) is 22.8 Å². The van der Waals surface area contributed by atoms with Crippen LogP contribution in [0.4, 0.5) is 0 Å². The van der Waals surface area contributed by atoms with Gasteiger partial charge in [-0.25, -0.2) is 19.0 Å². The van der Waals surface area contributed by atoms with Gasteiger partial charge in [0.15, 0.2) is 0 Å². The van der Waals surface area contributed by atoms with Crippen molar-refractivity contribution in [3.8, 4) is 11.6 Å². The largest absolute Gasteiger partial charge is 0.469 e. The zero-order valence-corrected chi connectivity index (χ0v) is 21.2. The number of methoxy groups -OCH3 is 1. The molecule has 0 bridgehead atoms. The number of nitrogens with one attached hydrogen (secondary N) is 1. The molecule has 3 aromatic rings. The quantitative estimate of drug-likeness (QED) is 0.282. The van der Waals surface area contributed by atoms with Gasteiger partial charge in [-0.2, -0.15) is 0 Å². The summed E-state index contributed by atoms with van der Waals surface area (Å²) >= 11 is 0. The van der Waals surface area contributed by atoms with Gasteiger partial charge >= 0.3 is 5.97 Å². The fraction of sp³-hybridized carbons (Fsp3) is 0.269. The Morgan fingerprint density at radius 1 is 1.11 bits per heavy atom. The molecule has 0 saturated heterocycles. The first kappa shape index (κ1) is 27.0. The van der Waals surface area contributed by atoms with Crippen molar-refractivity contribution in [2.24, 2.45) is 0 Å². The number of hydrogen-bond acceptors (Lipinski definition) is 7. The summed E-state index contributed by atoms with van der Waals surface area (Å²) in [5.74, 6) is -0.142. The summed E-state index contributed by atoms with van der Waals surface area (Å²) < 4.78 is 25.2. The van der Waals surface area contributed by atoms with Crippen molar-refractivity contribution >= 4 is 22.9 Å². The van der Waals surface area contributed by atoms with Crippen LogP contribution >= 0.6 is 0 Å². The van der Waals surface area contributed by atoms with E-state index in [0.29, 0.717) is 35.1 Å². The van der Waals surface area contributed by atoms with Crippen LogP contribution in [0.15, 0.2) is 71.8 Å². The highest BCUT2D eigenvalue weighted by Crippen LogP contribution is 2.33. The van der Waals surface area contributed by atoms with Crippen LogP contribution in [-0.4, -0.2) is 44.2 Å². The fourth-order valence-corrected chi connectivity index (χ4v) is 5.01. The second-order valence-electron chi connectivity index (χ2n) is 7.55. The maximum atomic E-state index is 13.3. The number of hydrogen-bond donors (Lipinski definition) is 2. The number of benzene rings is 2. The highest BCUT2D eigenvalue weighted by atomic mass is 32.2. The molecule has 0 aliphatic carbocycles. The molecule has 36 heavy (non-hydrogen) atoms. The third-order valence-electron chi connectivity index (χ3n) is 5.44. The molecule has 10 heteroatoms. The van der Waals surface area contributed by atoms with Crippen molar-refractivity contribution in [1.29, 1.82) is 0 Å². The molecule has 0 saturated carbocycles. The van der Waals surface area contributed by atoms with E-state index < -0.39 is 22.9 Å². The van der Waals surface area contributed by atoms with Crippen LogP contribution < -0.4 is 10.2 Å². The predicted octanol–water partition coefficient (Wildman–Crippen LogP) is 3.74. The molecule has 4 rings (SSSR count). The summed E-state index contributed by atoms with van der Waals surface area (Å²) in [5.41, 5.74) is 4.17. The third-order valence-corrected chi connectivity index (χ3v) is 6.91. The molecular formula is C26H29N3O6S. The van der Waals surface area contributed by atoms with Crippen LogP contribution in [-0.2, 0) is 38.2 Å². The normalized spacial score (nSPS) is 15.5. The van der Waals surface area contributed by atoms with Gasteiger partial charge < -0.3 is 9.47 Å². The molecule has 190 valence electrons. The van der Waals surface area contributed by atoms with Crippen LogP contribution in [0.25, 0.3) is 0 Å². The minimum atomic E-state index is -1.69. The van der Waals surface area contributed by atoms with E-state index >= 15 is 0 Å². The lowest BCUT2D eigenvalue weighted by atomic mass is 9.94. The number of nitrogens with zero attached hydrogens (tertiary/aromatic N) is 2. The Hall–Kier alpha value is -3.60. The highest BCUT2D eigenvalue weighted by molar-refractivity contribution is 7.82. The molecular weight excluding hydrogens is 482 g/mol. The van der Waals surface area contributed by atoms with Crippen molar-refractivity contribution in [3.05, 3.63) is 83.6 Å². The minimum absolute atomic E-state index is 0.172. The molecule has 1 aliphatic rings. The first-order valence-corrected chi connectivity index (χ1v) is 12.6. The van der Waals surface area contributed by atoms with Gasteiger partial charge in [-0.05, 0) is 41.3 Å². The van der Waals surface area contributed by atoms with Crippen LogP contribution in [0.1, 0.15) is 36.6 Å². The number of amides is 1. The van der Waals surface area contributed by atoms with Crippen molar-refractivity contribution in [2.45, 2.75) is 37.6 Å². The lowest BCUT2D eigenvalue weighted by Crippen LogP contribution is -2.44. The lowest BCUT2D eigenvalue weighted by Gasteiger charge is -2.34. The molecule has 0 spiro atoms. The molecule has 2 unspecified atom stereocenters. The number of hydroxylamine groups is 1. The van der Waals surface area contributed by atoms with Gasteiger partial charge in [-0.15, -0.1) is 0 Å². The zero-order valence-electron chi connectivity index (χ0n) is 20.3. The summed E-state index contributed by atoms with van der Waals surface area (Å²) in [5, 5.41) is 9.26. The van der Waals surface area contributed by atoms with E-state index in [0.717, 1.165) is 11.1 Å². The molecule has 2 heterocycles. The highest BCUT2D eigenvalue weighted by Gasteiger charge is 2.36. The van der Waals surface area contributed by atoms with Gasteiger partial charge in [0.2, 0.25) is 5.88 Å². The first-order chi connectivity index (χ1) is 17.5. The Kier molecular flexibility index (Phi) is 9.69. The average molecular weight is 512 g/mol. The number of carbonyl (C=O) groups excluding carboxylic acids is 2. The topological polar surface area (TPSA) is 118 Å². The Balaban J connectivity index is 0.00000176. The third kappa shape index (κ3) is 6.34. The number of ether oxygens (including phenoxy) is 2. The summed E-state index contributed by atoms with van der Waals surface area (Å²) in [6.07, 6.45) is 2.23. The Morgan fingerprint density at radius 3 is 2.47 bits per heavy atom. The molecule has 0 fully saturated rings. The molecule has 2 aromatic carbocycles. The van der Waals surface area contributed by atoms with Crippen molar-refractivity contribution in [3.63, 3.8) is 0 Å². The van der Waals surface area contributed by atoms with Gasteiger partial charge in [-0.3, -0.25) is 14.8 Å². The summed E-state index contributed by atoms with van der Waals surface area (Å²) in [6, 6.07) is 16.7. The number of pyridine rings is 1. The number of rotatable bonds is 7. The van der Waals surface area contributed by atoms with Gasteiger partial charge in [0.25, 0.3) is 5.91 Å². The maximum Gasteiger partial charge on any atom is 0.309 e. The Labute approximate surface area is 212 Å². The van der Waals surface area contributed by atoms with Gasteiger partial charge in [0, 0.05) is 18.8 Å². The molecule has 2 N–H and O–H groups in total. The van der Waals surface area contributed by atoms with Crippen LogP contribution in [0, 0.1) is 0 Å². The zero-order chi connectivity index (χ0) is 26.1. The second kappa shape index (κ2) is 12.9. The van der Waals surface area contributed by atoms with E-state index in [1.165, 1.54) is 17.6 Å². The number of esters is 1. The summed E-state index contributed by atoms with van der Waals surface area (Å²) in [6.45, 7) is 4.37. The Morgan fingerprint density at radius 2 is 1.83 bits per heavy atom.